The third-order valence-corrected chi connectivity index (χ3v) is 3.83. The molecule has 1 aromatic carbocycles. The molecule has 0 bridgehead atoms. The Morgan fingerprint density at radius 1 is 0.789 bits per heavy atom. The van der Waals surface area contributed by atoms with Crippen LogP contribution in [0.15, 0.2) is 0 Å². The molecule has 0 radical (unpaired) electrons. The first-order valence-electron chi connectivity index (χ1n) is 4.36. The van der Waals surface area contributed by atoms with Gasteiger partial charge >= 0.3 is 29.6 Å². The molecule has 4 nitrogen and oxygen atoms in total. The molecular weight excluding hydrogens is 372 g/mol. The van der Waals surface area contributed by atoms with Crippen molar-refractivity contribution in [2.75, 3.05) is 13.2 Å². The van der Waals surface area contributed by atoms with Crippen molar-refractivity contribution in [3.8, 4) is 5.75 Å². The summed E-state index contributed by atoms with van der Waals surface area (Å²) in [5, 5.41) is 34.5. The molecular formula is C9H8Cl5NaO4. The average Bonchev–Trinajstić information content (AvgIpc) is 2.40. The maximum Gasteiger partial charge on any atom is 1.00 e. The Balaban J connectivity index is 0. The van der Waals surface area contributed by atoms with E-state index in [9.17, 15) is 5.11 Å². The van der Waals surface area contributed by atoms with Crippen LogP contribution in [-0.4, -0.2) is 34.6 Å². The van der Waals surface area contributed by atoms with Crippen LogP contribution in [-0.2, 0) is 0 Å². The second-order valence-electron chi connectivity index (χ2n) is 2.92. The van der Waals surface area contributed by atoms with E-state index in [1.165, 1.54) is 0 Å². The van der Waals surface area contributed by atoms with Crippen LogP contribution in [0.25, 0.3) is 0 Å². The summed E-state index contributed by atoms with van der Waals surface area (Å²) in [7, 11) is 0. The van der Waals surface area contributed by atoms with Crippen molar-refractivity contribution in [1.29, 1.82) is 0 Å². The van der Waals surface area contributed by atoms with Crippen LogP contribution in [0, 0.1) is 0 Å². The van der Waals surface area contributed by atoms with Crippen molar-refractivity contribution in [2.24, 2.45) is 0 Å². The molecule has 1 aromatic rings. The standard InChI is InChI=1S/C6HCl5O.C3H8O3.Na/c7-1-2(8)4(10)6(12)5(11)3(1)9;4-1-3(6)2-5;/h12H;3-6H,1-2H2;/q;;+1/p-1. The van der Waals surface area contributed by atoms with Gasteiger partial charge in [0.25, 0.3) is 0 Å². The van der Waals surface area contributed by atoms with E-state index in [0.717, 1.165) is 0 Å². The zero-order valence-corrected chi connectivity index (χ0v) is 15.4. The van der Waals surface area contributed by atoms with Crippen molar-refractivity contribution in [3.05, 3.63) is 25.1 Å². The Labute approximate surface area is 157 Å². The minimum atomic E-state index is -0.954. The number of hydrogen-bond donors (Lipinski definition) is 3. The van der Waals surface area contributed by atoms with Crippen LogP contribution in [0.1, 0.15) is 0 Å². The van der Waals surface area contributed by atoms with Crippen molar-refractivity contribution >= 4 is 58.0 Å². The zero-order chi connectivity index (χ0) is 14.5. The molecule has 0 saturated heterocycles. The van der Waals surface area contributed by atoms with Crippen molar-refractivity contribution in [2.45, 2.75) is 6.10 Å². The second kappa shape index (κ2) is 11.0. The molecule has 0 unspecified atom stereocenters. The summed E-state index contributed by atoms with van der Waals surface area (Å²) in [6, 6.07) is 0. The monoisotopic (exact) mass is 378 g/mol. The van der Waals surface area contributed by atoms with Gasteiger partial charge in [-0.05, 0) is 0 Å². The molecule has 0 spiro atoms. The first-order chi connectivity index (χ1) is 8.27. The SMILES string of the molecule is OCC(O)CO.[Na+].[O-]c1c(Cl)c(Cl)c(Cl)c(Cl)c1Cl. The van der Waals surface area contributed by atoms with Crippen LogP contribution in [0.3, 0.4) is 0 Å². The Kier molecular flexibility index (Phi) is 13.1. The number of hydrogen-bond acceptors (Lipinski definition) is 4. The van der Waals surface area contributed by atoms with Gasteiger partial charge in [0, 0.05) is 0 Å². The topological polar surface area (TPSA) is 83.8 Å². The molecule has 0 aliphatic heterocycles. The predicted molar refractivity (Wildman–Crippen MR) is 71.1 cm³/mol. The summed E-state index contributed by atoms with van der Waals surface area (Å²) in [6.45, 7) is -0.729. The summed E-state index contributed by atoms with van der Waals surface area (Å²) in [6.07, 6.45) is -0.954. The fraction of sp³-hybridized carbons (Fsp3) is 0.333. The van der Waals surface area contributed by atoms with Gasteiger partial charge < -0.3 is 20.4 Å². The summed E-state index contributed by atoms with van der Waals surface area (Å²) in [5.41, 5.74) is 0. The number of rotatable bonds is 2. The maximum absolute atomic E-state index is 11.1. The first-order valence-corrected chi connectivity index (χ1v) is 6.25. The van der Waals surface area contributed by atoms with Gasteiger partial charge in [-0.25, -0.2) is 0 Å². The number of halogens is 5. The molecule has 104 valence electrons. The van der Waals surface area contributed by atoms with E-state index in [0.29, 0.717) is 0 Å². The van der Waals surface area contributed by atoms with Crippen molar-refractivity contribution in [3.63, 3.8) is 0 Å². The fourth-order valence-electron chi connectivity index (χ4n) is 0.642. The molecule has 0 aliphatic carbocycles. The van der Waals surface area contributed by atoms with E-state index >= 15 is 0 Å². The molecule has 0 heterocycles. The Morgan fingerprint density at radius 3 is 1.26 bits per heavy atom. The number of aliphatic hydroxyl groups is 3. The molecule has 10 heteroatoms. The van der Waals surface area contributed by atoms with Crippen LogP contribution in [0.2, 0.25) is 25.1 Å². The molecule has 0 atom stereocenters. The summed E-state index contributed by atoms with van der Waals surface area (Å²) in [4.78, 5) is 0. The van der Waals surface area contributed by atoms with E-state index in [-0.39, 0.29) is 67.9 Å². The molecule has 0 fully saturated rings. The number of benzene rings is 1. The largest absolute Gasteiger partial charge is 1.00 e. The molecule has 0 saturated carbocycles. The average molecular weight is 380 g/mol. The quantitative estimate of drug-likeness (QED) is 0.362. The van der Waals surface area contributed by atoms with Crippen LogP contribution >= 0.6 is 58.0 Å². The van der Waals surface area contributed by atoms with Gasteiger partial charge in [-0.15, -0.1) is 0 Å². The third kappa shape index (κ3) is 6.76. The molecule has 19 heavy (non-hydrogen) atoms. The van der Waals surface area contributed by atoms with Gasteiger partial charge in [0.05, 0.1) is 38.3 Å². The van der Waals surface area contributed by atoms with E-state index < -0.39 is 11.9 Å². The Morgan fingerprint density at radius 2 is 1.05 bits per heavy atom. The van der Waals surface area contributed by atoms with E-state index in [2.05, 4.69) is 0 Å². The Hall–Kier alpha value is 1.35. The smallest absolute Gasteiger partial charge is 0.870 e. The first kappa shape index (κ1) is 22.6. The van der Waals surface area contributed by atoms with Crippen LogP contribution in [0.4, 0.5) is 0 Å². The van der Waals surface area contributed by atoms with Crippen LogP contribution < -0.4 is 34.7 Å². The van der Waals surface area contributed by atoms with Gasteiger partial charge in [-0.2, -0.15) is 0 Å². The fourth-order valence-corrected chi connectivity index (χ4v) is 1.76. The van der Waals surface area contributed by atoms with Crippen molar-refractivity contribution in [1.82, 2.24) is 0 Å². The van der Waals surface area contributed by atoms with Crippen molar-refractivity contribution < 1.29 is 50.0 Å². The molecule has 1 rings (SSSR count). The van der Waals surface area contributed by atoms with Gasteiger partial charge in [-0.3, -0.25) is 0 Å². The molecule has 0 aromatic heterocycles. The molecule has 0 aliphatic rings. The van der Waals surface area contributed by atoms with Crippen LogP contribution in [0.5, 0.6) is 5.75 Å². The van der Waals surface area contributed by atoms with E-state index in [1.54, 1.807) is 0 Å². The van der Waals surface area contributed by atoms with Gasteiger partial charge in [0.1, 0.15) is 6.10 Å². The van der Waals surface area contributed by atoms with Gasteiger partial charge in [0.15, 0.2) is 0 Å². The minimum Gasteiger partial charge on any atom is -0.870 e. The zero-order valence-electron chi connectivity index (χ0n) is 9.63. The third-order valence-electron chi connectivity index (χ3n) is 1.59. The summed E-state index contributed by atoms with van der Waals surface area (Å²) in [5.74, 6) is -0.613. The maximum atomic E-state index is 11.1. The predicted octanol–water partition coefficient (Wildman–Crippen LogP) is -0.637. The van der Waals surface area contributed by atoms with E-state index in [4.69, 9.17) is 73.3 Å². The summed E-state index contributed by atoms with van der Waals surface area (Å²) < 4.78 is 0. The molecule has 0 amide bonds. The van der Waals surface area contributed by atoms with Gasteiger partial charge in [-0.1, -0.05) is 63.8 Å². The Bertz CT molecular complexity index is 309. The molecule has 3 N–H and O–H groups in total. The second-order valence-corrected chi connectivity index (χ2v) is 4.81. The minimum absolute atomic E-state index is 0. The normalized spacial score (nSPS) is 9.74. The van der Waals surface area contributed by atoms with E-state index in [1.807, 2.05) is 0 Å². The number of aliphatic hydroxyl groups excluding tert-OH is 3. The summed E-state index contributed by atoms with van der Waals surface area (Å²) >= 11 is 27.7. The van der Waals surface area contributed by atoms with Gasteiger partial charge in [0.2, 0.25) is 0 Å².